The normalized spacial score (nSPS) is 14.6. The Hall–Kier alpha value is -4.32. The topological polar surface area (TPSA) is 121 Å². The van der Waals surface area contributed by atoms with Crippen LogP contribution in [0.3, 0.4) is 0 Å². The van der Waals surface area contributed by atoms with Gasteiger partial charge in [0.15, 0.2) is 10.6 Å². The zero-order valence-electron chi connectivity index (χ0n) is 24.1. The van der Waals surface area contributed by atoms with Gasteiger partial charge < -0.3 is 23.9 Å². The molecule has 2 aromatic carbocycles. The van der Waals surface area contributed by atoms with Crippen LogP contribution in [0.4, 0.5) is 11.6 Å². The minimum absolute atomic E-state index is 0.0287. The number of furan rings is 1. The van der Waals surface area contributed by atoms with E-state index >= 15 is 0 Å². The minimum Gasteiger partial charge on any atom is -0.497 e. The highest BCUT2D eigenvalue weighted by molar-refractivity contribution is 7.07. The number of hydrogen-bond donors (Lipinski definition) is 1. The van der Waals surface area contributed by atoms with E-state index in [-0.39, 0.29) is 45.5 Å². The van der Waals surface area contributed by atoms with Crippen LogP contribution in [0.25, 0.3) is 6.08 Å². The summed E-state index contributed by atoms with van der Waals surface area (Å²) in [7, 11) is 1.55. The molecular weight excluding hydrogens is 629 g/mol. The molecule has 0 aliphatic carbocycles. The molecule has 4 aromatic rings. The van der Waals surface area contributed by atoms with E-state index in [2.05, 4.69) is 10.3 Å². The van der Waals surface area contributed by atoms with Crippen molar-refractivity contribution in [3.05, 3.63) is 106 Å². The SMILES string of the molecule is CCOC(=O)C1=C(C)N=c2s/c(=C\c3oc(Nc4ccc(Cl)cc4)c(C(=O)OCC)c3Cl)c(=O)n2[C@@H]1c1ccc(OC)cc1. The fourth-order valence-electron chi connectivity index (χ4n) is 4.67. The number of anilines is 2. The van der Waals surface area contributed by atoms with E-state index < -0.39 is 23.5 Å². The Morgan fingerprint density at radius 1 is 1.05 bits per heavy atom. The van der Waals surface area contributed by atoms with Crippen molar-refractivity contribution in [1.82, 2.24) is 4.57 Å². The largest absolute Gasteiger partial charge is 0.497 e. The number of benzene rings is 2. The van der Waals surface area contributed by atoms with Crippen LogP contribution in [0.1, 0.15) is 48.5 Å². The van der Waals surface area contributed by atoms with E-state index in [9.17, 15) is 14.4 Å². The molecule has 44 heavy (non-hydrogen) atoms. The number of rotatable bonds is 9. The molecule has 0 radical (unpaired) electrons. The van der Waals surface area contributed by atoms with Crippen molar-refractivity contribution in [2.24, 2.45) is 4.99 Å². The number of carbonyl (C=O) groups excluding carboxylic acids is 2. The number of fused-ring (bicyclic) bond motifs is 1. The third kappa shape index (κ3) is 6.03. The summed E-state index contributed by atoms with van der Waals surface area (Å²) in [6.07, 6.45) is 1.44. The second-order valence-electron chi connectivity index (χ2n) is 9.41. The quantitative estimate of drug-likeness (QED) is 0.230. The van der Waals surface area contributed by atoms with Gasteiger partial charge in [-0.1, -0.05) is 46.7 Å². The summed E-state index contributed by atoms with van der Waals surface area (Å²) in [6.45, 7) is 5.35. The maximum absolute atomic E-state index is 14.0. The number of allylic oxidation sites excluding steroid dienone is 1. The van der Waals surface area contributed by atoms with Gasteiger partial charge in [0.1, 0.15) is 16.3 Å². The summed E-state index contributed by atoms with van der Waals surface area (Å²) in [4.78, 5) is 44.9. The zero-order chi connectivity index (χ0) is 31.5. The molecule has 13 heteroatoms. The van der Waals surface area contributed by atoms with Gasteiger partial charge in [-0.15, -0.1) is 0 Å². The Labute approximate surface area is 265 Å². The van der Waals surface area contributed by atoms with Crippen LogP contribution >= 0.6 is 34.5 Å². The number of thiazole rings is 1. The molecule has 0 amide bonds. The standard InChI is InChI=1S/C31H27Cl2N3O7S/c1-5-41-29(38)23-16(3)34-31-36(26(23)17-7-13-20(40-4)14-8-17)28(37)22(44-31)15-21-25(33)24(30(39)42-6-2)27(43-21)35-19-11-9-18(32)10-12-19/h7-15,26,35H,5-6H2,1-4H3/b22-15-/t26-/m1/s1. The summed E-state index contributed by atoms with van der Waals surface area (Å²) in [6, 6.07) is 13.0. The molecule has 1 atom stereocenters. The first-order valence-corrected chi connectivity index (χ1v) is 15.1. The van der Waals surface area contributed by atoms with Crippen LogP contribution in [0, 0.1) is 0 Å². The zero-order valence-corrected chi connectivity index (χ0v) is 26.4. The van der Waals surface area contributed by atoms with Gasteiger partial charge in [0.2, 0.25) is 5.88 Å². The van der Waals surface area contributed by atoms with Crippen molar-refractivity contribution in [2.45, 2.75) is 26.8 Å². The molecule has 0 saturated carbocycles. The van der Waals surface area contributed by atoms with Crippen LogP contribution in [0.5, 0.6) is 5.75 Å². The first kappa shape index (κ1) is 31.1. The first-order chi connectivity index (χ1) is 21.2. The number of hydrogen-bond acceptors (Lipinski definition) is 10. The van der Waals surface area contributed by atoms with Gasteiger partial charge in [0, 0.05) is 16.8 Å². The lowest BCUT2D eigenvalue weighted by atomic mass is 9.96. The molecule has 2 aromatic heterocycles. The molecule has 10 nitrogen and oxygen atoms in total. The molecule has 0 bridgehead atoms. The van der Waals surface area contributed by atoms with E-state index in [4.69, 9.17) is 41.8 Å². The molecule has 228 valence electrons. The molecular formula is C31H27Cl2N3O7S. The monoisotopic (exact) mass is 655 g/mol. The molecule has 0 saturated heterocycles. The van der Waals surface area contributed by atoms with E-state index in [0.29, 0.717) is 32.5 Å². The van der Waals surface area contributed by atoms with E-state index in [1.54, 1.807) is 76.4 Å². The van der Waals surface area contributed by atoms with Crippen molar-refractivity contribution >= 4 is 64.1 Å². The number of nitrogens with zero attached hydrogens (tertiary/aromatic N) is 2. The fourth-order valence-corrected chi connectivity index (χ4v) is 6.07. The van der Waals surface area contributed by atoms with Crippen molar-refractivity contribution in [1.29, 1.82) is 0 Å². The maximum Gasteiger partial charge on any atom is 0.345 e. The lowest BCUT2D eigenvalue weighted by Crippen LogP contribution is -2.39. The summed E-state index contributed by atoms with van der Waals surface area (Å²) in [5, 5.41) is 3.52. The number of nitrogens with one attached hydrogen (secondary N) is 1. The highest BCUT2D eigenvalue weighted by atomic mass is 35.5. The van der Waals surface area contributed by atoms with Crippen molar-refractivity contribution in [3.8, 4) is 5.75 Å². The van der Waals surface area contributed by atoms with Crippen LogP contribution in [0.15, 0.2) is 74.0 Å². The number of carbonyl (C=O) groups is 2. The van der Waals surface area contributed by atoms with E-state index in [1.807, 2.05) is 0 Å². The van der Waals surface area contributed by atoms with Gasteiger partial charge in [0.05, 0.1) is 42.2 Å². The Bertz CT molecular complexity index is 1940. The molecule has 5 rings (SSSR count). The highest BCUT2D eigenvalue weighted by Gasteiger charge is 2.34. The summed E-state index contributed by atoms with van der Waals surface area (Å²) in [5.74, 6) is -0.569. The number of aromatic nitrogens is 1. The van der Waals surface area contributed by atoms with Crippen molar-refractivity contribution in [3.63, 3.8) is 0 Å². The average molecular weight is 657 g/mol. The van der Waals surface area contributed by atoms with Gasteiger partial charge in [-0.05, 0) is 62.7 Å². The van der Waals surface area contributed by atoms with E-state index in [0.717, 1.165) is 11.3 Å². The van der Waals surface area contributed by atoms with Crippen LogP contribution in [-0.2, 0) is 14.3 Å². The van der Waals surface area contributed by atoms with Crippen molar-refractivity contribution in [2.75, 3.05) is 25.6 Å². The Balaban J connectivity index is 1.66. The lowest BCUT2D eigenvalue weighted by molar-refractivity contribution is -0.139. The third-order valence-electron chi connectivity index (χ3n) is 6.67. The second-order valence-corrected chi connectivity index (χ2v) is 11.2. The first-order valence-electron chi connectivity index (χ1n) is 13.5. The Kier molecular flexibility index (Phi) is 9.28. The number of halogens is 2. The lowest BCUT2D eigenvalue weighted by Gasteiger charge is -2.24. The smallest absolute Gasteiger partial charge is 0.345 e. The molecule has 0 spiro atoms. The molecule has 0 unspecified atom stereocenters. The predicted octanol–water partition coefficient (Wildman–Crippen LogP) is 5.63. The van der Waals surface area contributed by atoms with Crippen LogP contribution < -0.4 is 24.9 Å². The summed E-state index contributed by atoms with van der Waals surface area (Å²) < 4.78 is 23.5. The molecule has 0 fully saturated rings. The number of methoxy groups -OCH3 is 1. The van der Waals surface area contributed by atoms with Gasteiger partial charge in [-0.3, -0.25) is 9.36 Å². The second kappa shape index (κ2) is 13.1. The number of esters is 2. The van der Waals surface area contributed by atoms with Gasteiger partial charge in [-0.25, -0.2) is 14.6 Å². The fraction of sp³-hybridized carbons (Fsp3) is 0.226. The highest BCUT2D eigenvalue weighted by Crippen LogP contribution is 2.36. The van der Waals surface area contributed by atoms with Crippen molar-refractivity contribution < 1.29 is 28.2 Å². The van der Waals surface area contributed by atoms with Gasteiger partial charge >= 0.3 is 11.9 Å². The Morgan fingerprint density at radius 2 is 1.70 bits per heavy atom. The average Bonchev–Trinajstić information content (AvgIpc) is 3.48. The number of ether oxygens (including phenoxy) is 3. The summed E-state index contributed by atoms with van der Waals surface area (Å²) >= 11 is 13.8. The Morgan fingerprint density at radius 3 is 2.34 bits per heavy atom. The molecule has 1 N–H and O–H groups in total. The molecule has 3 heterocycles. The summed E-state index contributed by atoms with van der Waals surface area (Å²) in [5.41, 5.74) is 1.43. The van der Waals surface area contributed by atoms with Gasteiger partial charge in [0.25, 0.3) is 5.56 Å². The van der Waals surface area contributed by atoms with Gasteiger partial charge in [-0.2, -0.15) is 0 Å². The molecule has 1 aliphatic heterocycles. The maximum atomic E-state index is 14.0. The molecule has 1 aliphatic rings. The predicted molar refractivity (Wildman–Crippen MR) is 168 cm³/mol. The minimum atomic E-state index is -0.817. The third-order valence-corrected chi connectivity index (χ3v) is 8.28. The van der Waals surface area contributed by atoms with Crippen LogP contribution in [-0.4, -0.2) is 36.8 Å². The van der Waals surface area contributed by atoms with E-state index in [1.165, 1.54) is 10.6 Å². The van der Waals surface area contributed by atoms with Crippen LogP contribution in [0.2, 0.25) is 10.0 Å².